The molecular weight excluding hydrogens is 340 g/mol. The Hall–Kier alpha value is -2.83. The van der Waals surface area contributed by atoms with Gasteiger partial charge in [-0.1, -0.05) is 18.2 Å². The highest BCUT2D eigenvalue weighted by molar-refractivity contribution is 5.81. The molecule has 2 aliphatic rings. The molecule has 1 N–H and O–H groups in total. The van der Waals surface area contributed by atoms with E-state index >= 15 is 0 Å². The maximum absolute atomic E-state index is 12.5. The Morgan fingerprint density at radius 3 is 2.41 bits per heavy atom. The summed E-state index contributed by atoms with van der Waals surface area (Å²) in [5.74, 6) is 1.76. The number of hydrogen-bond donors (Lipinski definition) is 1. The Morgan fingerprint density at radius 2 is 1.67 bits per heavy atom. The second-order valence-electron chi connectivity index (χ2n) is 7.01. The number of anilines is 3. The van der Waals surface area contributed by atoms with Gasteiger partial charge in [0.2, 0.25) is 5.91 Å². The number of nitrogens with zero attached hydrogens (tertiary/aromatic N) is 5. The van der Waals surface area contributed by atoms with Crippen molar-refractivity contribution in [3.8, 4) is 0 Å². The monoisotopic (exact) mass is 366 g/mol. The van der Waals surface area contributed by atoms with E-state index in [4.69, 9.17) is 0 Å². The normalized spacial score (nSPS) is 17.3. The molecule has 7 nitrogen and oxygen atoms in total. The van der Waals surface area contributed by atoms with Gasteiger partial charge in [-0.05, 0) is 25.0 Å². The summed E-state index contributed by atoms with van der Waals surface area (Å²) < 4.78 is 0. The first-order valence-corrected chi connectivity index (χ1v) is 9.68. The van der Waals surface area contributed by atoms with Crippen LogP contribution in [0.1, 0.15) is 12.8 Å². The van der Waals surface area contributed by atoms with E-state index in [0.717, 1.165) is 45.1 Å². The van der Waals surface area contributed by atoms with Gasteiger partial charge in [0, 0.05) is 51.0 Å². The summed E-state index contributed by atoms with van der Waals surface area (Å²) in [5, 5.41) is 3.17. The van der Waals surface area contributed by atoms with E-state index in [9.17, 15) is 4.79 Å². The average molecular weight is 366 g/mol. The number of para-hydroxylation sites is 1. The number of carbonyl (C=O) groups is 1. The van der Waals surface area contributed by atoms with E-state index in [-0.39, 0.29) is 12.5 Å². The molecule has 2 aliphatic heterocycles. The fourth-order valence-corrected chi connectivity index (χ4v) is 3.69. The summed E-state index contributed by atoms with van der Waals surface area (Å²) in [7, 11) is 0. The largest absolute Gasteiger partial charge is 0.368 e. The van der Waals surface area contributed by atoms with Gasteiger partial charge in [-0.2, -0.15) is 0 Å². The van der Waals surface area contributed by atoms with Gasteiger partial charge in [0.25, 0.3) is 0 Å². The average Bonchev–Trinajstić information content (AvgIpc) is 3.28. The van der Waals surface area contributed by atoms with Crippen LogP contribution in [0.25, 0.3) is 0 Å². The molecule has 0 saturated carbocycles. The number of rotatable bonds is 5. The van der Waals surface area contributed by atoms with E-state index in [1.807, 2.05) is 17.0 Å². The molecule has 2 fully saturated rings. The molecule has 0 aliphatic carbocycles. The van der Waals surface area contributed by atoms with Gasteiger partial charge in [-0.15, -0.1) is 0 Å². The van der Waals surface area contributed by atoms with Gasteiger partial charge in [0.1, 0.15) is 18.0 Å². The van der Waals surface area contributed by atoms with Crippen LogP contribution in [0, 0.1) is 0 Å². The van der Waals surface area contributed by atoms with Crippen LogP contribution < -0.4 is 15.1 Å². The molecule has 142 valence electrons. The van der Waals surface area contributed by atoms with Crippen molar-refractivity contribution in [2.45, 2.75) is 12.8 Å². The lowest BCUT2D eigenvalue weighted by Gasteiger charge is -2.36. The van der Waals surface area contributed by atoms with Crippen molar-refractivity contribution in [1.29, 1.82) is 0 Å². The van der Waals surface area contributed by atoms with E-state index in [0.29, 0.717) is 5.82 Å². The van der Waals surface area contributed by atoms with Gasteiger partial charge in [-0.25, -0.2) is 9.97 Å². The van der Waals surface area contributed by atoms with E-state index < -0.39 is 0 Å². The molecule has 1 aromatic heterocycles. The van der Waals surface area contributed by atoms with Crippen molar-refractivity contribution >= 4 is 23.2 Å². The number of piperazine rings is 1. The minimum Gasteiger partial charge on any atom is -0.368 e. The molecule has 0 spiro atoms. The Bertz CT molecular complexity index is 754. The van der Waals surface area contributed by atoms with E-state index in [1.165, 1.54) is 18.5 Å². The second-order valence-corrected chi connectivity index (χ2v) is 7.01. The fourth-order valence-electron chi connectivity index (χ4n) is 3.69. The van der Waals surface area contributed by atoms with Crippen LogP contribution in [0.2, 0.25) is 0 Å². The summed E-state index contributed by atoms with van der Waals surface area (Å²) in [6.45, 7) is 5.57. The molecular formula is C20H26N6O. The molecule has 3 heterocycles. The van der Waals surface area contributed by atoms with Crippen LogP contribution in [0.5, 0.6) is 0 Å². The number of nitrogens with one attached hydrogen (secondary N) is 1. The maximum Gasteiger partial charge on any atom is 0.242 e. The highest BCUT2D eigenvalue weighted by Crippen LogP contribution is 2.19. The number of aromatic nitrogens is 2. The van der Waals surface area contributed by atoms with Gasteiger partial charge in [0.15, 0.2) is 0 Å². The minimum atomic E-state index is 0.115. The summed E-state index contributed by atoms with van der Waals surface area (Å²) in [4.78, 5) is 27.7. The molecule has 2 aromatic rings. The first-order valence-electron chi connectivity index (χ1n) is 9.68. The van der Waals surface area contributed by atoms with Crippen molar-refractivity contribution in [2.75, 3.05) is 60.9 Å². The van der Waals surface area contributed by atoms with Crippen molar-refractivity contribution in [3.05, 3.63) is 42.7 Å². The lowest BCUT2D eigenvalue weighted by Crippen LogP contribution is -2.50. The highest BCUT2D eigenvalue weighted by Gasteiger charge is 2.21. The van der Waals surface area contributed by atoms with Gasteiger partial charge < -0.3 is 20.0 Å². The quantitative estimate of drug-likeness (QED) is 0.871. The SMILES string of the molecule is O=C(CNc1cc(N2CCCC2)ncn1)N1CCN(c2ccccc2)CC1. The second kappa shape index (κ2) is 8.24. The summed E-state index contributed by atoms with van der Waals surface area (Å²) >= 11 is 0. The van der Waals surface area contributed by atoms with Crippen LogP contribution in [0.15, 0.2) is 42.7 Å². The number of hydrogen-bond acceptors (Lipinski definition) is 6. The highest BCUT2D eigenvalue weighted by atomic mass is 16.2. The van der Waals surface area contributed by atoms with Crippen molar-refractivity contribution in [1.82, 2.24) is 14.9 Å². The molecule has 0 radical (unpaired) electrons. The smallest absolute Gasteiger partial charge is 0.242 e. The van der Waals surface area contributed by atoms with Crippen LogP contribution in [-0.2, 0) is 4.79 Å². The number of benzene rings is 1. The zero-order chi connectivity index (χ0) is 18.5. The topological polar surface area (TPSA) is 64.6 Å². The Kier molecular flexibility index (Phi) is 5.37. The Morgan fingerprint density at radius 1 is 0.926 bits per heavy atom. The number of amides is 1. The van der Waals surface area contributed by atoms with Crippen LogP contribution >= 0.6 is 0 Å². The third-order valence-corrected chi connectivity index (χ3v) is 5.26. The molecule has 2 saturated heterocycles. The summed E-state index contributed by atoms with van der Waals surface area (Å²) in [5.41, 5.74) is 1.22. The van der Waals surface area contributed by atoms with E-state index in [1.54, 1.807) is 6.33 Å². The third-order valence-electron chi connectivity index (χ3n) is 5.26. The number of carbonyl (C=O) groups excluding carboxylic acids is 1. The molecule has 7 heteroatoms. The van der Waals surface area contributed by atoms with Gasteiger partial charge in [-0.3, -0.25) is 4.79 Å². The van der Waals surface area contributed by atoms with Crippen LogP contribution in [0.4, 0.5) is 17.3 Å². The lowest BCUT2D eigenvalue weighted by molar-refractivity contribution is -0.129. The van der Waals surface area contributed by atoms with Crippen molar-refractivity contribution in [2.24, 2.45) is 0 Å². The Labute approximate surface area is 160 Å². The zero-order valence-electron chi connectivity index (χ0n) is 15.5. The predicted octanol–water partition coefficient (Wildman–Crippen LogP) is 1.84. The van der Waals surface area contributed by atoms with Gasteiger partial charge in [0.05, 0.1) is 6.54 Å². The minimum absolute atomic E-state index is 0.115. The first kappa shape index (κ1) is 17.6. The predicted molar refractivity (Wildman–Crippen MR) is 107 cm³/mol. The molecule has 1 aromatic carbocycles. The van der Waals surface area contributed by atoms with Crippen molar-refractivity contribution in [3.63, 3.8) is 0 Å². The standard InChI is InChI=1S/C20H26N6O/c27-20(26-12-10-24(11-13-26)17-6-2-1-3-7-17)15-21-18-14-19(23-16-22-18)25-8-4-5-9-25/h1-3,6-7,14,16H,4-5,8-13,15H2,(H,21,22,23). The van der Waals surface area contributed by atoms with Gasteiger partial charge >= 0.3 is 0 Å². The fraction of sp³-hybridized carbons (Fsp3) is 0.450. The van der Waals surface area contributed by atoms with Crippen LogP contribution in [0.3, 0.4) is 0 Å². The molecule has 4 rings (SSSR count). The molecule has 0 bridgehead atoms. The third kappa shape index (κ3) is 4.30. The van der Waals surface area contributed by atoms with Crippen LogP contribution in [-0.4, -0.2) is 66.6 Å². The van der Waals surface area contributed by atoms with Crippen molar-refractivity contribution < 1.29 is 4.79 Å². The molecule has 27 heavy (non-hydrogen) atoms. The first-order chi connectivity index (χ1) is 13.3. The molecule has 0 atom stereocenters. The summed E-state index contributed by atoms with van der Waals surface area (Å²) in [6, 6.07) is 12.3. The summed E-state index contributed by atoms with van der Waals surface area (Å²) in [6.07, 6.45) is 3.99. The zero-order valence-corrected chi connectivity index (χ0v) is 15.5. The molecule has 1 amide bonds. The van der Waals surface area contributed by atoms with E-state index in [2.05, 4.69) is 49.4 Å². The lowest BCUT2D eigenvalue weighted by atomic mass is 10.2. The molecule has 0 unspecified atom stereocenters. The maximum atomic E-state index is 12.5. The Balaban J connectivity index is 1.27.